The maximum Gasteiger partial charge on any atom is 0.132 e. The summed E-state index contributed by atoms with van der Waals surface area (Å²) in [5.41, 5.74) is 13.6. The van der Waals surface area contributed by atoms with Gasteiger partial charge in [0.05, 0.1) is 16.4 Å². The zero-order valence-corrected chi connectivity index (χ0v) is 30.9. The second-order valence-corrected chi connectivity index (χ2v) is 15.1. The molecule has 0 fully saturated rings. The summed E-state index contributed by atoms with van der Waals surface area (Å²) in [7, 11) is 0. The molecule has 0 saturated carbocycles. The molecule has 2 atom stereocenters. The van der Waals surface area contributed by atoms with Crippen molar-refractivity contribution < 1.29 is 4.74 Å². The molecule has 0 bridgehead atoms. The lowest BCUT2D eigenvalue weighted by Gasteiger charge is -2.39. The van der Waals surface area contributed by atoms with Crippen molar-refractivity contribution in [2.75, 3.05) is 0 Å². The standard InChI is InChI=1S/C52H36N4O/c1-3-16-33(17-4-1)49-53-50(34-18-5-2-6-19-34)55-51(54-49)39-22-15-27-45-48(39)38-21-8-12-26-44(38)56(45)35-30-31-37-36-20-7-9-23-40(36)52(43(37)32-35)41-24-10-13-28-46(41)57-47-29-14-11-25-42(47)52/h1-32,49,51,54H,(H,53,55). The van der Waals surface area contributed by atoms with Gasteiger partial charge in [0.25, 0.3) is 0 Å². The summed E-state index contributed by atoms with van der Waals surface area (Å²) in [6, 6.07) is 69.6. The number of nitrogens with one attached hydrogen (secondary N) is 2. The number of ether oxygens (including phenoxy) is 1. The predicted molar refractivity (Wildman–Crippen MR) is 229 cm³/mol. The van der Waals surface area contributed by atoms with Crippen LogP contribution in [-0.4, -0.2) is 10.4 Å². The quantitative estimate of drug-likeness (QED) is 0.189. The summed E-state index contributed by atoms with van der Waals surface area (Å²) in [4.78, 5) is 5.20. The Kier molecular flexibility index (Phi) is 6.98. The molecule has 3 heterocycles. The Morgan fingerprint density at radius 2 is 1.16 bits per heavy atom. The van der Waals surface area contributed by atoms with Gasteiger partial charge >= 0.3 is 0 Å². The summed E-state index contributed by atoms with van der Waals surface area (Å²) in [5.74, 6) is 2.66. The first-order chi connectivity index (χ1) is 28.3. The molecule has 9 aromatic rings. The molecule has 12 rings (SSSR count). The minimum absolute atomic E-state index is 0.209. The number of aromatic nitrogens is 1. The monoisotopic (exact) mass is 732 g/mol. The van der Waals surface area contributed by atoms with Crippen LogP contribution < -0.4 is 15.4 Å². The first kappa shape index (κ1) is 32.1. The Labute approximate surface area is 330 Å². The molecule has 5 heteroatoms. The number of hydrogen-bond donors (Lipinski definition) is 2. The van der Waals surface area contributed by atoms with Crippen LogP contribution >= 0.6 is 0 Å². The van der Waals surface area contributed by atoms with Gasteiger partial charge in [0.2, 0.25) is 0 Å². The highest BCUT2D eigenvalue weighted by atomic mass is 16.5. The van der Waals surface area contributed by atoms with Crippen LogP contribution in [0.1, 0.15) is 51.3 Å². The number of nitrogens with zero attached hydrogens (tertiary/aromatic N) is 2. The first-order valence-electron chi connectivity index (χ1n) is 19.6. The minimum Gasteiger partial charge on any atom is -0.457 e. The van der Waals surface area contributed by atoms with E-state index in [0.29, 0.717) is 0 Å². The molecule has 57 heavy (non-hydrogen) atoms. The molecular formula is C52H36N4O. The lowest BCUT2D eigenvalue weighted by molar-refractivity contribution is 0.411. The van der Waals surface area contributed by atoms with E-state index in [2.05, 4.69) is 203 Å². The molecule has 0 amide bonds. The molecule has 2 unspecified atom stereocenters. The number of amidine groups is 1. The topological polar surface area (TPSA) is 50.6 Å². The van der Waals surface area contributed by atoms with Crippen molar-refractivity contribution in [1.82, 2.24) is 15.2 Å². The number of aliphatic imine (C=N–C) groups is 1. The fraction of sp³-hybridized carbons (Fsp3) is 0.0577. The van der Waals surface area contributed by atoms with E-state index in [-0.39, 0.29) is 12.3 Å². The lowest BCUT2D eigenvalue weighted by Crippen LogP contribution is -2.45. The lowest BCUT2D eigenvalue weighted by atomic mass is 9.66. The van der Waals surface area contributed by atoms with E-state index in [0.717, 1.165) is 56.3 Å². The van der Waals surface area contributed by atoms with Gasteiger partial charge in [0, 0.05) is 33.2 Å². The van der Waals surface area contributed by atoms with Gasteiger partial charge in [-0.1, -0.05) is 158 Å². The Morgan fingerprint density at radius 1 is 0.526 bits per heavy atom. The van der Waals surface area contributed by atoms with E-state index < -0.39 is 5.41 Å². The third-order valence-corrected chi connectivity index (χ3v) is 12.2. The van der Waals surface area contributed by atoms with E-state index in [9.17, 15) is 0 Å². The summed E-state index contributed by atoms with van der Waals surface area (Å²) in [5, 5.41) is 10.1. The summed E-state index contributed by atoms with van der Waals surface area (Å²) < 4.78 is 9.08. The highest BCUT2D eigenvalue weighted by molar-refractivity contribution is 6.11. The van der Waals surface area contributed by atoms with Gasteiger partial charge in [0.1, 0.15) is 29.7 Å². The molecule has 3 aliphatic rings. The van der Waals surface area contributed by atoms with Crippen LogP contribution in [0.4, 0.5) is 0 Å². The van der Waals surface area contributed by atoms with Crippen LogP contribution in [0.3, 0.4) is 0 Å². The van der Waals surface area contributed by atoms with Crippen molar-refractivity contribution in [1.29, 1.82) is 0 Å². The second-order valence-electron chi connectivity index (χ2n) is 15.1. The predicted octanol–water partition coefficient (Wildman–Crippen LogP) is 11.6. The van der Waals surface area contributed by atoms with E-state index in [1.54, 1.807) is 0 Å². The fourth-order valence-electron chi connectivity index (χ4n) is 9.81. The van der Waals surface area contributed by atoms with Crippen LogP contribution in [0.2, 0.25) is 0 Å². The molecule has 0 saturated heterocycles. The van der Waals surface area contributed by atoms with Crippen LogP contribution in [0.25, 0.3) is 38.6 Å². The first-order valence-corrected chi connectivity index (χ1v) is 19.6. The second kappa shape index (κ2) is 12.4. The van der Waals surface area contributed by atoms with Crippen LogP contribution in [0.15, 0.2) is 199 Å². The molecule has 2 aliphatic heterocycles. The Bertz CT molecular complexity index is 3030. The van der Waals surface area contributed by atoms with Crippen LogP contribution in [0.5, 0.6) is 11.5 Å². The fourth-order valence-corrected chi connectivity index (χ4v) is 9.81. The van der Waals surface area contributed by atoms with Crippen molar-refractivity contribution in [3.05, 3.63) is 233 Å². The highest BCUT2D eigenvalue weighted by Gasteiger charge is 2.51. The maximum atomic E-state index is 6.63. The van der Waals surface area contributed by atoms with Crippen molar-refractivity contribution in [2.24, 2.45) is 4.99 Å². The molecule has 8 aromatic carbocycles. The molecule has 5 nitrogen and oxygen atoms in total. The zero-order chi connectivity index (χ0) is 37.5. The normalized spacial score (nSPS) is 17.2. The average molecular weight is 733 g/mol. The summed E-state index contributed by atoms with van der Waals surface area (Å²) in [6.45, 7) is 0. The highest BCUT2D eigenvalue weighted by Crippen LogP contribution is 2.62. The molecule has 270 valence electrons. The number of rotatable bonds is 4. The van der Waals surface area contributed by atoms with Gasteiger partial charge in [-0.3, -0.25) is 5.32 Å². The van der Waals surface area contributed by atoms with Gasteiger partial charge in [-0.2, -0.15) is 0 Å². The SMILES string of the molecule is c1ccc(C2=NC(c3ccccc3)NC(c3cccc4c3c3ccccc3n4-c3ccc4c(c3)C3(c5ccccc5Oc5ccccc53)c3ccccc3-4)N2)cc1. The van der Waals surface area contributed by atoms with E-state index in [1.165, 1.54) is 38.6 Å². The number of para-hydroxylation sites is 3. The molecule has 1 spiro atoms. The number of benzene rings is 8. The zero-order valence-electron chi connectivity index (χ0n) is 30.9. The van der Waals surface area contributed by atoms with Gasteiger partial charge in [0.15, 0.2) is 0 Å². The molecule has 1 aromatic heterocycles. The van der Waals surface area contributed by atoms with E-state index in [1.807, 2.05) is 6.07 Å². The van der Waals surface area contributed by atoms with Gasteiger partial charge in [-0.25, -0.2) is 4.99 Å². The Balaban J connectivity index is 1.08. The third kappa shape index (κ3) is 4.64. The molecule has 2 N–H and O–H groups in total. The van der Waals surface area contributed by atoms with Crippen molar-refractivity contribution in [3.63, 3.8) is 0 Å². The van der Waals surface area contributed by atoms with E-state index >= 15 is 0 Å². The summed E-state index contributed by atoms with van der Waals surface area (Å²) in [6.07, 6.45) is -0.435. The van der Waals surface area contributed by atoms with Crippen molar-refractivity contribution >= 4 is 27.6 Å². The van der Waals surface area contributed by atoms with Gasteiger partial charge < -0.3 is 14.6 Å². The van der Waals surface area contributed by atoms with Crippen LogP contribution in [-0.2, 0) is 5.41 Å². The number of hydrogen-bond acceptors (Lipinski definition) is 4. The van der Waals surface area contributed by atoms with Crippen molar-refractivity contribution in [2.45, 2.75) is 17.7 Å². The average Bonchev–Trinajstić information content (AvgIpc) is 3.77. The summed E-state index contributed by atoms with van der Waals surface area (Å²) >= 11 is 0. The largest absolute Gasteiger partial charge is 0.457 e. The Hall–Kier alpha value is -7.21. The molecular weight excluding hydrogens is 697 g/mol. The minimum atomic E-state index is -0.549. The molecule has 1 aliphatic carbocycles. The van der Waals surface area contributed by atoms with Gasteiger partial charge in [-0.15, -0.1) is 0 Å². The number of fused-ring (bicyclic) bond motifs is 12. The maximum absolute atomic E-state index is 6.63. The molecule has 0 radical (unpaired) electrons. The van der Waals surface area contributed by atoms with Crippen LogP contribution in [0, 0.1) is 0 Å². The third-order valence-electron chi connectivity index (χ3n) is 12.2. The van der Waals surface area contributed by atoms with Crippen molar-refractivity contribution in [3.8, 4) is 28.3 Å². The Morgan fingerprint density at radius 3 is 1.95 bits per heavy atom. The van der Waals surface area contributed by atoms with Gasteiger partial charge in [-0.05, 0) is 69.8 Å². The van der Waals surface area contributed by atoms with E-state index in [4.69, 9.17) is 9.73 Å². The smallest absolute Gasteiger partial charge is 0.132 e.